The lowest BCUT2D eigenvalue weighted by atomic mass is 10.2. The van der Waals surface area contributed by atoms with Gasteiger partial charge in [-0.1, -0.05) is 66.2 Å². The lowest BCUT2D eigenvalue weighted by Gasteiger charge is -2.21. The summed E-state index contributed by atoms with van der Waals surface area (Å²) in [5.41, 5.74) is 2.96. The van der Waals surface area contributed by atoms with Gasteiger partial charge in [-0.3, -0.25) is 4.79 Å². The molecule has 31 heavy (non-hydrogen) atoms. The van der Waals surface area contributed by atoms with E-state index >= 15 is 0 Å². The first-order chi connectivity index (χ1) is 14.9. The number of amides is 1. The Morgan fingerprint density at radius 3 is 2.29 bits per heavy atom. The third-order valence-electron chi connectivity index (χ3n) is 4.29. The van der Waals surface area contributed by atoms with Crippen molar-refractivity contribution in [3.05, 3.63) is 101 Å². The molecule has 9 heteroatoms. The molecule has 0 heterocycles. The Labute approximate surface area is 185 Å². The van der Waals surface area contributed by atoms with E-state index in [1.165, 1.54) is 30.3 Å². The molecule has 0 fully saturated rings. The topological polar surface area (TPSA) is 78.8 Å². The van der Waals surface area contributed by atoms with Gasteiger partial charge in [0.25, 0.3) is 5.91 Å². The minimum atomic E-state index is -3.95. The molecule has 0 spiro atoms. The second-order valence-corrected chi connectivity index (χ2v) is 8.85. The number of halogens is 2. The van der Waals surface area contributed by atoms with Crippen LogP contribution in [0.1, 0.15) is 11.1 Å². The first-order valence-electron chi connectivity index (χ1n) is 9.23. The van der Waals surface area contributed by atoms with Crippen molar-refractivity contribution in [2.75, 3.05) is 6.54 Å². The average molecular weight is 460 g/mol. The maximum absolute atomic E-state index is 13.8. The molecule has 0 saturated heterocycles. The second kappa shape index (κ2) is 10.3. The number of rotatable bonds is 8. The Hall–Kier alpha value is -3.07. The largest absolute Gasteiger partial charge is 0.272 e. The van der Waals surface area contributed by atoms with Crippen LogP contribution in [-0.2, 0) is 21.4 Å². The first-order valence-corrected chi connectivity index (χ1v) is 11.0. The lowest BCUT2D eigenvalue weighted by Crippen LogP contribution is -2.39. The first kappa shape index (κ1) is 22.6. The minimum Gasteiger partial charge on any atom is -0.272 e. The van der Waals surface area contributed by atoms with E-state index in [2.05, 4.69) is 10.5 Å². The molecule has 0 aromatic heterocycles. The normalized spacial score (nSPS) is 11.7. The van der Waals surface area contributed by atoms with Crippen molar-refractivity contribution in [2.24, 2.45) is 5.10 Å². The van der Waals surface area contributed by atoms with E-state index in [0.717, 1.165) is 16.1 Å². The van der Waals surface area contributed by atoms with E-state index < -0.39 is 28.3 Å². The maximum Gasteiger partial charge on any atom is 0.255 e. The van der Waals surface area contributed by atoms with Crippen LogP contribution < -0.4 is 5.43 Å². The molecule has 3 rings (SSSR count). The number of sulfonamides is 1. The highest BCUT2D eigenvalue weighted by Crippen LogP contribution is 2.18. The summed E-state index contributed by atoms with van der Waals surface area (Å²) in [6.07, 6.45) is 1.07. The fourth-order valence-electron chi connectivity index (χ4n) is 2.75. The summed E-state index contributed by atoms with van der Waals surface area (Å²) in [7, 11) is -3.95. The number of hydrazone groups is 1. The standard InChI is InChI=1S/C22H19ClFN3O3S/c23-20-12-7-13-21(24)19(20)14-25-26-22(28)16-27(15-17-8-3-1-4-9-17)31(29,30)18-10-5-2-6-11-18/h1-14H,15-16H2,(H,26,28)/b25-14-. The van der Waals surface area contributed by atoms with Gasteiger partial charge in [-0.05, 0) is 29.8 Å². The molecule has 0 unspecified atom stereocenters. The molecule has 1 N–H and O–H groups in total. The summed E-state index contributed by atoms with van der Waals surface area (Å²) in [4.78, 5) is 12.5. The molecule has 6 nitrogen and oxygen atoms in total. The zero-order valence-electron chi connectivity index (χ0n) is 16.3. The van der Waals surface area contributed by atoms with Crippen LogP contribution in [0, 0.1) is 5.82 Å². The fourth-order valence-corrected chi connectivity index (χ4v) is 4.37. The van der Waals surface area contributed by atoms with E-state index in [1.54, 1.807) is 42.5 Å². The van der Waals surface area contributed by atoms with Gasteiger partial charge in [-0.15, -0.1) is 0 Å². The Kier molecular flexibility index (Phi) is 7.51. The van der Waals surface area contributed by atoms with Crippen LogP contribution >= 0.6 is 11.6 Å². The molecule has 0 radical (unpaired) electrons. The van der Waals surface area contributed by atoms with Crippen LogP contribution in [0.5, 0.6) is 0 Å². The Balaban J connectivity index is 1.78. The maximum atomic E-state index is 13.8. The van der Waals surface area contributed by atoms with Gasteiger partial charge in [0.1, 0.15) is 5.82 Å². The zero-order valence-corrected chi connectivity index (χ0v) is 17.9. The smallest absolute Gasteiger partial charge is 0.255 e. The van der Waals surface area contributed by atoms with Gasteiger partial charge in [0.05, 0.1) is 22.7 Å². The number of nitrogens with zero attached hydrogens (tertiary/aromatic N) is 2. The van der Waals surface area contributed by atoms with Crippen molar-refractivity contribution in [1.82, 2.24) is 9.73 Å². The molecule has 3 aromatic carbocycles. The van der Waals surface area contributed by atoms with Crippen LogP contribution in [0.3, 0.4) is 0 Å². The monoisotopic (exact) mass is 459 g/mol. The minimum absolute atomic E-state index is 0.00561. The highest BCUT2D eigenvalue weighted by Gasteiger charge is 2.26. The predicted molar refractivity (Wildman–Crippen MR) is 118 cm³/mol. The van der Waals surface area contributed by atoms with E-state index in [9.17, 15) is 17.6 Å². The van der Waals surface area contributed by atoms with Crippen molar-refractivity contribution in [3.8, 4) is 0 Å². The summed E-state index contributed by atoms with van der Waals surface area (Å²) in [5.74, 6) is -1.28. The van der Waals surface area contributed by atoms with Crippen LogP contribution in [-0.4, -0.2) is 31.4 Å². The Morgan fingerprint density at radius 2 is 1.65 bits per heavy atom. The summed E-state index contributed by atoms with van der Waals surface area (Å²) < 4.78 is 41.0. The third kappa shape index (κ3) is 5.97. The third-order valence-corrected chi connectivity index (χ3v) is 6.42. The highest BCUT2D eigenvalue weighted by atomic mass is 35.5. The summed E-state index contributed by atoms with van der Waals surface area (Å²) in [5, 5.41) is 3.84. The van der Waals surface area contributed by atoms with E-state index in [0.29, 0.717) is 0 Å². The number of hydrogen-bond donors (Lipinski definition) is 1. The molecule has 1 amide bonds. The van der Waals surface area contributed by atoms with E-state index in [-0.39, 0.29) is 22.0 Å². The van der Waals surface area contributed by atoms with Crippen LogP contribution in [0.25, 0.3) is 0 Å². The van der Waals surface area contributed by atoms with Crippen molar-refractivity contribution in [2.45, 2.75) is 11.4 Å². The predicted octanol–water partition coefficient (Wildman–Crippen LogP) is 3.82. The van der Waals surface area contributed by atoms with Gasteiger partial charge in [-0.2, -0.15) is 9.41 Å². The van der Waals surface area contributed by atoms with Crippen LogP contribution in [0.4, 0.5) is 4.39 Å². The molecule has 0 atom stereocenters. The second-order valence-electron chi connectivity index (χ2n) is 6.50. The number of carbonyl (C=O) groups is 1. The number of nitrogens with one attached hydrogen (secondary N) is 1. The average Bonchev–Trinajstić information content (AvgIpc) is 2.76. The molecule has 160 valence electrons. The molecular formula is C22H19ClFN3O3S. The van der Waals surface area contributed by atoms with Gasteiger partial charge < -0.3 is 0 Å². The fraction of sp³-hybridized carbons (Fsp3) is 0.0909. The highest BCUT2D eigenvalue weighted by molar-refractivity contribution is 7.89. The lowest BCUT2D eigenvalue weighted by molar-refractivity contribution is -0.121. The van der Waals surface area contributed by atoms with Crippen LogP contribution in [0.2, 0.25) is 5.02 Å². The van der Waals surface area contributed by atoms with E-state index in [1.807, 2.05) is 6.07 Å². The van der Waals surface area contributed by atoms with Gasteiger partial charge >= 0.3 is 0 Å². The molecule has 3 aromatic rings. The summed E-state index contributed by atoms with van der Waals surface area (Å²) in [6.45, 7) is -0.483. The van der Waals surface area contributed by atoms with E-state index in [4.69, 9.17) is 11.6 Å². The SMILES string of the molecule is O=C(CN(Cc1ccccc1)S(=O)(=O)c1ccccc1)N/N=C\c1c(F)cccc1Cl. The summed E-state index contributed by atoms with van der Waals surface area (Å²) >= 11 is 5.92. The van der Waals surface area contributed by atoms with Gasteiger partial charge in [0.2, 0.25) is 10.0 Å². The van der Waals surface area contributed by atoms with Gasteiger partial charge in [0, 0.05) is 12.1 Å². The number of hydrogen-bond acceptors (Lipinski definition) is 4. The zero-order chi connectivity index (χ0) is 22.3. The molecule has 0 saturated carbocycles. The Morgan fingerprint density at radius 1 is 1.00 bits per heavy atom. The van der Waals surface area contributed by atoms with Crippen molar-refractivity contribution >= 4 is 33.7 Å². The molecule has 0 aliphatic heterocycles. The van der Waals surface area contributed by atoms with Crippen LogP contribution in [0.15, 0.2) is 88.9 Å². The van der Waals surface area contributed by atoms with Gasteiger partial charge in [0.15, 0.2) is 0 Å². The molecular weight excluding hydrogens is 441 g/mol. The van der Waals surface area contributed by atoms with Gasteiger partial charge in [-0.25, -0.2) is 18.2 Å². The summed E-state index contributed by atoms with van der Waals surface area (Å²) in [6, 6.07) is 20.9. The number of carbonyl (C=O) groups excluding carboxylic acids is 1. The molecule has 0 aliphatic carbocycles. The molecule has 0 aliphatic rings. The van der Waals surface area contributed by atoms with Crippen molar-refractivity contribution in [1.29, 1.82) is 0 Å². The van der Waals surface area contributed by atoms with Crippen molar-refractivity contribution in [3.63, 3.8) is 0 Å². The number of benzene rings is 3. The van der Waals surface area contributed by atoms with Crippen molar-refractivity contribution < 1.29 is 17.6 Å². The Bertz CT molecular complexity index is 1150. The molecule has 0 bridgehead atoms. The quantitative estimate of drug-likeness (QED) is 0.411.